The maximum absolute atomic E-state index is 13.5. The lowest BCUT2D eigenvalue weighted by Crippen LogP contribution is -2.23. The molecule has 1 amide bonds. The van der Waals surface area contributed by atoms with E-state index in [2.05, 4.69) is 6.07 Å². The summed E-state index contributed by atoms with van der Waals surface area (Å²) in [5.41, 5.74) is 0.846. The lowest BCUT2D eigenvalue weighted by Gasteiger charge is -2.18. The van der Waals surface area contributed by atoms with Crippen LogP contribution in [0.3, 0.4) is 0 Å². The Morgan fingerprint density at radius 1 is 1.25 bits per heavy atom. The zero-order valence-corrected chi connectivity index (χ0v) is 15.9. The second kappa shape index (κ2) is 7.84. The number of rotatable bonds is 5. The van der Waals surface area contributed by atoms with Gasteiger partial charge in [-0.2, -0.15) is 18.4 Å². The third-order valence-corrected chi connectivity index (χ3v) is 5.25. The fourth-order valence-electron chi connectivity index (χ4n) is 3.42. The van der Waals surface area contributed by atoms with Gasteiger partial charge in [0.05, 0.1) is 24.1 Å². The van der Waals surface area contributed by atoms with Gasteiger partial charge < -0.3 is 4.90 Å². The van der Waals surface area contributed by atoms with Gasteiger partial charge in [-0.25, -0.2) is 0 Å². The van der Waals surface area contributed by atoms with Crippen molar-refractivity contribution in [3.8, 4) is 6.07 Å². The first-order valence-corrected chi connectivity index (χ1v) is 9.41. The van der Waals surface area contributed by atoms with Gasteiger partial charge in [0.1, 0.15) is 0 Å². The van der Waals surface area contributed by atoms with E-state index in [1.807, 2.05) is 13.0 Å². The number of carbonyl (C=O) groups excluding carboxylic acids is 1. The minimum Gasteiger partial charge on any atom is -0.304 e. The average molecular weight is 407 g/mol. The number of fused-ring (bicyclic) bond motifs is 1. The molecule has 0 N–H and O–H groups in total. The van der Waals surface area contributed by atoms with Gasteiger partial charge in [-0.05, 0) is 53.8 Å². The Balaban J connectivity index is 1.98. The van der Waals surface area contributed by atoms with Crippen molar-refractivity contribution >= 4 is 23.2 Å². The molecule has 0 aliphatic carbocycles. The van der Waals surface area contributed by atoms with E-state index in [9.17, 15) is 18.0 Å². The van der Waals surface area contributed by atoms with Gasteiger partial charge in [-0.15, -0.1) is 11.6 Å². The maximum Gasteiger partial charge on any atom is 0.416 e. The van der Waals surface area contributed by atoms with E-state index >= 15 is 0 Å². The number of carbonyl (C=O) groups is 1. The fraction of sp³-hybridized carbons (Fsp3) is 0.333. The Bertz CT molecular complexity index is 950. The third kappa shape index (κ3) is 3.85. The summed E-state index contributed by atoms with van der Waals surface area (Å²) < 4.78 is 40.5. The van der Waals surface area contributed by atoms with Crippen molar-refractivity contribution in [2.75, 3.05) is 4.90 Å². The van der Waals surface area contributed by atoms with Crippen LogP contribution in [0, 0.1) is 17.2 Å². The van der Waals surface area contributed by atoms with Crippen molar-refractivity contribution in [1.82, 2.24) is 0 Å². The smallest absolute Gasteiger partial charge is 0.304 e. The van der Waals surface area contributed by atoms with Crippen LogP contribution in [0.25, 0.3) is 0 Å². The van der Waals surface area contributed by atoms with E-state index in [1.165, 1.54) is 11.0 Å². The van der Waals surface area contributed by atoms with E-state index < -0.39 is 17.6 Å². The zero-order chi connectivity index (χ0) is 20.5. The van der Waals surface area contributed by atoms with Gasteiger partial charge in [0, 0.05) is 17.1 Å². The van der Waals surface area contributed by atoms with Crippen LogP contribution in [0.2, 0.25) is 0 Å². The number of anilines is 1. The number of hydrogen-bond acceptors (Lipinski definition) is 2. The Morgan fingerprint density at radius 2 is 2.00 bits per heavy atom. The molecule has 3 nitrogen and oxygen atoms in total. The van der Waals surface area contributed by atoms with Gasteiger partial charge in [0.2, 0.25) is 0 Å². The molecule has 2 aromatic carbocycles. The predicted octanol–water partition coefficient (Wildman–Crippen LogP) is 5.70. The van der Waals surface area contributed by atoms with Crippen LogP contribution < -0.4 is 4.90 Å². The molecule has 0 aromatic heterocycles. The van der Waals surface area contributed by atoms with Gasteiger partial charge in [0.15, 0.2) is 0 Å². The van der Waals surface area contributed by atoms with E-state index in [1.54, 1.807) is 18.2 Å². The van der Waals surface area contributed by atoms with Crippen molar-refractivity contribution in [3.05, 3.63) is 64.2 Å². The largest absolute Gasteiger partial charge is 0.416 e. The van der Waals surface area contributed by atoms with Crippen LogP contribution in [-0.4, -0.2) is 5.91 Å². The number of benzene rings is 2. The molecule has 1 unspecified atom stereocenters. The second-order valence-corrected chi connectivity index (χ2v) is 7.07. The first-order chi connectivity index (χ1) is 13.3. The number of nitrogens with zero attached hydrogens (tertiary/aromatic N) is 2. The number of halogens is 4. The molecule has 28 heavy (non-hydrogen) atoms. The van der Waals surface area contributed by atoms with Crippen molar-refractivity contribution in [2.24, 2.45) is 5.92 Å². The summed E-state index contributed by atoms with van der Waals surface area (Å²) in [7, 11) is 0. The van der Waals surface area contributed by atoms with Crippen LogP contribution >= 0.6 is 11.6 Å². The van der Waals surface area contributed by atoms with Gasteiger partial charge in [-0.3, -0.25) is 4.79 Å². The highest BCUT2D eigenvalue weighted by Gasteiger charge is 2.40. The van der Waals surface area contributed by atoms with Crippen LogP contribution in [0.15, 0.2) is 36.4 Å². The van der Waals surface area contributed by atoms with Gasteiger partial charge in [0.25, 0.3) is 5.91 Å². The Kier molecular flexibility index (Phi) is 5.66. The van der Waals surface area contributed by atoms with Crippen molar-refractivity contribution in [2.45, 2.75) is 38.4 Å². The molecule has 0 radical (unpaired) electrons. The average Bonchev–Trinajstić information content (AvgIpc) is 3.01. The first kappa shape index (κ1) is 20.2. The number of amides is 1. The summed E-state index contributed by atoms with van der Waals surface area (Å²) in [5, 5.41) is 9.15. The fourth-order valence-corrected chi connectivity index (χ4v) is 3.58. The normalized spacial score (nSPS) is 14.7. The van der Waals surface area contributed by atoms with Crippen LogP contribution in [0.1, 0.15) is 46.0 Å². The topological polar surface area (TPSA) is 44.1 Å². The van der Waals surface area contributed by atoms with Crippen LogP contribution in [0.4, 0.5) is 18.9 Å². The summed E-state index contributed by atoms with van der Waals surface area (Å²) in [4.78, 5) is 14.2. The second-order valence-electron chi connectivity index (χ2n) is 6.80. The summed E-state index contributed by atoms with van der Waals surface area (Å²) >= 11 is 5.73. The molecule has 1 heterocycles. The lowest BCUT2D eigenvalue weighted by molar-refractivity contribution is -0.138. The lowest BCUT2D eigenvalue weighted by atomic mass is 9.98. The van der Waals surface area contributed by atoms with Crippen molar-refractivity contribution < 1.29 is 18.0 Å². The molecular weight excluding hydrogens is 389 g/mol. The van der Waals surface area contributed by atoms with E-state index in [0.717, 1.165) is 11.6 Å². The summed E-state index contributed by atoms with van der Waals surface area (Å²) in [6.07, 6.45) is -3.34. The summed E-state index contributed by atoms with van der Waals surface area (Å²) in [6, 6.07) is 11.7. The molecule has 0 saturated carbocycles. The number of nitriles is 1. The van der Waals surface area contributed by atoms with Gasteiger partial charge in [-0.1, -0.05) is 19.1 Å². The van der Waals surface area contributed by atoms with Gasteiger partial charge >= 0.3 is 6.18 Å². The predicted molar refractivity (Wildman–Crippen MR) is 101 cm³/mol. The molecular formula is C21H18ClF3N2O. The standard InChI is InChI=1S/C21H18ClF3N2O/c1-2-13(11-26)6-14-4-3-5-16(7-14)27-12-18-17(20(27)28)8-15(10-22)9-19(18)21(23,24)25/h3-5,7-9,13H,2,6,10,12H2,1H3. The van der Waals surface area contributed by atoms with Crippen LogP contribution in [0.5, 0.6) is 0 Å². The molecule has 1 aliphatic rings. The molecule has 0 fully saturated rings. The highest BCUT2D eigenvalue weighted by atomic mass is 35.5. The van der Waals surface area contributed by atoms with Crippen molar-refractivity contribution in [1.29, 1.82) is 5.26 Å². The minimum absolute atomic E-state index is 0.0276. The molecule has 0 spiro atoms. The highest BCUT2D eigenvalue weighted by Crippen LogP contribution is 2.39. The summed E-state index contributed by atoms with van der Waals surface area (Å²) in [6.45, 7) is 1.77. The monoisotopic (exact) mass is 406 g/mol. The zero-order valence-electron chi connectivity index (χ0n) is 15.2. The van der Waals surface area contributed by atoms with Crippen molar-refractivity contribution in [3.63, 3.8) is 0 Å². The van der Waals surface area contributed by atoms with E-state index in [4.69, 9.17) is 16.9 Å². The molecule has 146 valence electrons. The molecule has 0 bridgehead atoms. The molecule has 1 aliphatic heterocycles. The molecule has 2 aromatic rings. The highest BCUT2D eigenvalue weighted by molar-refractivity contribution is 6.17. The third-order valence-electron chi connectivity index (χ3n) is 4.94. The number of alkyl halides is 4. The molecule has 3 rings (SSSR count). The van der Waals surface area contributed by atoms with Crippen LogP contribution in [-0.2, 0) is 25.0 Å². The Labute approximate surface area is 166 Å². The maximum atomic E-state index is 13.5. The van der Waals surface area contributed by atoms with E-state index in [-0.39, 0.29) is 35.0 Å². The quantitative estimate of drug-likeness (QED) is 0.598. The van der Waals surface area contributed by atoms with E-state index in [0.29, 0.717) is 18.5 Å². The molecule has 1 atom stereocenters. The Hall–Kier alpha value is -2.52. The summed E-state index contributed by atoms with van der Waals surface area (Å²) in [5.74, 6) is -0.729. The molecule has 0 saturated heterocycles. The Morgan fingerprint density at radius 3 is 2.61 bits per heavy atom. The molecule has 7 heteroatoms. The number of hydrogen-bond donors (Lipinski definition) is 0. The first-order valence-electron chi connectivity index (χ1n) is 8.87. The minimum atomic E-state index is -4.56. The SMILES string of the molecule is CCC(C#N)Cc1cccc(N2Cc3c(cc(CCl)cc3C(F)(F)F)C2=O)c1.